The summed E-state index contributed by atoms with van der Waals surface area (Å²) in [7, 11) is 0. The van der Waals surface area contributed by atoms with Crippen molar-refractivity contribution in [2.24, 2.45) is 0 Å². The Morgan fingerprint density at radius 3 is 1.84 bits per heavy atom. The number of halogens is 1. The number of hydrogen-bond acceptors (Lipinski definition) is 5. The van der Waals surface area contributed by atoms with Gasteiger partial charge >= 0.3 is 5.97 Å². The average Bonchev–Trinajstić information content (AvgIpc) is 3.29. The van der Waals surface area contributed by atoms with Crippen molar-refractivity contribution in [2.75, 3.05) is 0 Å². The van der Waals surface area contributed by atoms with Gasteiger partial charge in [-0.1, -0.05) is 91.0 Å². The Labute approximate surface area is 221 Å². The maximum absolute atomic E-state index is 12.7. The van der Waals surface area contributed by atoms with Gasteiger partial charge in [-0.25, -0.2) is 0 Å². The molecule has 5 aromatic rings. The largest absolute Gasteiger partial charge is 0.456 e. The number of aromatic nitrogens is 2. The summed E-state index contributed by atoms with van der Waals surface area (Å²) in [5.74, 6) is -0.558. The van der Waals surface area contributed by atoms with Crippen LogP contribution >= 0.6 is 15.9 Å². The second kappa shape index (κ2) is 9.99. The molecule has 0 spiro atoms. The summed E-state index contributed by atoms with van der Waals surface area (Å²) in [6.45, 7) is 1.32. The van der Waals surface area contributed by atoms with Gasteiger partial charge in [-0.05, 0) is 38.7 Å². The van der Waals surface area contributed by atoms with Crippen molar-refractivity contribution in [3.8, 4) is 0 Å². The molecule has 0 fully saturated rings. The second-order valence-corrected chi connectivity index (χ2v) is 9.41. The van der Waals surface area contributed by atoms with Crippen LogP contribution in [0.4, 0.5) is 5.69 Å². The normalized spacial score (nSPS) is 12.3. The lowest BCUT2D eigenvalue weighted by molar-refractivity contribution is -0.386. The number of fused-ring (bicyclic) bond motifs is 1. The fourth-order valence-electron chi connectivity index (χ4n) is 5.01. The van der Waals surface area contributed by atoms with E-state index in [0.717, 1.165) is 16.7 Å². The predicted molar refractivity (Wildman–Crippen MR) is 144 cm³/mol. The summed E-state index contributed by atoms with van der Waals surface area (Å²) in [4.78, 5) is 24.7. The van der Waals surface area contributed by atoms with Crippen LogP contribution in [0, 0.1) is 10.1 Å². The fourth-order valence-corrected chi connectivity index (χ4v) is 5.41. The summed E-state index contributed by atoms with van der Waals surface area (Å²) in [6, 6.07) is 32.0. The molecule has 0 saturated heterocycles. The number of esters is 1. The Bertz CT molecular complexity index is 1470. The Kier molecular flexibility index (Phi) is 6.58. The molecular weight excluding hydrogens is 534 g/mol. The summed E-state index contributed by atoms with van der Waals surface area (Å²) < 4.78 is 6.71. The number of H-pyrrole nitrogens is 1. The van der Waals surface area contributed by atoms with Gasteiger partial charge < -0.3 is 4.74 Å². The van der Waals surface area contributed by atoms with Crippen LogP contribution in [-0.4, -0.2) is 21.1 Å². The first-order chi connectivity index (χ1) is 17.9. The smallest absolute Gasteiger partial charge is 0.303 e. The molecule has 184 valence electrons. The van der Waals surface area contributed by atoms with E-state index in [-0.39, 0.29) is 11.3 Å². The molecule has 1 atom stereocenters. The van der Waals surface area contributed by atoms with Crippen molar-refractivity contribution in [2.45, 2.75) is 18.4 Å². The van der Waals surface area contributed by atoms with Crippen molar-refractivity contribution in [1.82, 2.24) is 10.2 Å². The number of ether oxygens (including phenoxy) is 1. The minimum Gasteiger partial charge on any atom is -0.456 e. The summed E-state index contributed by atoms with van der Waals surface area (Å²) >= 11 is 3.45. The van der Waals surface area contributed by atoms with E-state index in [1.165, 1.54) is 13.0 Å². The Hall–Kier alpha value is -4.30. The van der Waals surface area contributed by atoms with Gasteiger partial charge in [0.05, 0.1) is 15.9 Å². The van der Waals surface area contributed by atoms with Gasteiger partial charge in [0.15, 0.2) is 6.10 Å². The van der Waals surface area contributed by atoms with Crippen molar-refractivity contribution >= 4 is 38.5 Å². The SMILES string of the molecule is CC(=O)OC(c1cc2c(Br)[nH]nc2cc1[N+](=O)[O-])C(c1ccccc1)(c1ccccc1)c1ccccc1. The number of benzene rings is 4. The lowest BCUT2D eigenvalue weighted by Gasteiger charge is -2.41. The Morgan fingerprint density at radius 1 is 0.919 bits per heavy atom. The lowest BCUT2D eigenvalue weighted by atomic mass is 9.64. The molecule has 1 aromatic heterocycles. The zero-order valence-electron chi connectivity index (χ0n) is 19.8. The van der Waals surface area contributed by atoms with Crippen molar-refractivity contribution in [3.05, 3.63) is 140 Å². The molecule has 1 unspecified atom stereocenters. The molecule has 1 N–H and O–H groups in total. The molecule has 7 nitrogen and oxygen atoms in total. The Balaban J connectivity index is 1.96. The third-order valence-electron chi connectivity index (χ3n) is 6.50. The molecule has 0 radical (unpaired) electrons. The van der Waals surface area contributed by atoms with Gasteiger partial charge in [0.25, 0.3) is 5.69 Å². The van der Waals surface area contributed by atoms with E-state index < -0.39 is 22.4 Å². The summed E-state index contributed by atoms with van der Waals surface area (Å²) in [5, 5.41) is 20.0. The van der Waals surface area contributed by atoms with Crippen LogP contribution < -0.4 is 0 Å². The zero-order chi connectivity index (χ0) is 26.0. The number of rotatable bonds is 7. The average molecular weight is 556 g/mol. The van der Waals surface area contributed by atoms with E-state index in [0.29, 0.717) is 15.5 Å². The quantitative estimate of drug-likeness (QED) is 0.102. The zero-order valence-corrected chi connectivity index (χ0v) is 21.4. The molecule has 0 aliphatic rings. The number of nitrogens with one attached hydrogen (secondary N) is 1. The molecule has 8 heteroatoms. The van der Waals surface area contributed by atoms with Gasteiger partial charge in [0.1, 0.15) is 10.1 Å². The van der Waals surface area contributed by atoms with E-state index in [1.807, 2.05) is 91.0 Å². The molecule has 0 aliphatic heterocycles. The lowest BCUT2D eigenvalue weighted by Crippen LogP contribution is -2.39. The summed E-state index contributed by atoms with van der Waals surface area (Å²) in [5.41, 5.74) is 1.83. The van der Waals surface area contributed by atoms with Crippen LogP contribution in [0.3, 0.4) is 0 Å². The van der Waals surface area contributed by atoms with Gasteiger partial charge in [-0.2, -0.15) is 5.10 Å². The van der Waals surface area contributed by atoms with Crippen LogP contribution in [0.25, 0.3) is 10.9 Å². The van der Waals surface area contributed by atoms with Gasteiger partial charge in [-0.3, -0.25) is 20.0 Å². The maximum Gasteiger partial charge on any atom is 0.303 e. The van der Waals surface area contributed by atoms with Crippen LogP contribution in [0.5, 0.6) is 0 Å². The molecule has 0 bridgehead atoms. The molecule has 1 heterocycles. The van der Waals surface area contributed by atoms with Crippen molar-refractivity contribution < 1.29 is 14.5 Å². The predicted octanol–water partition coefficient (Wildman–Crippen LogP) is 6.87. The number of carbonyl (C=O) groups excluding carboxylic acids is 1. The highest BCUT2D eigenvalue weighted by Crippen LogP contribution is 2.52. The van der Waals surface area contributed by atoms with E-state index in [4.69, 9.17) is 4.74 Å². The monoisotopic (exact) mass is 555 g/mol. The van der Waals surface area contributed by atoms with Crippen LogP contribution in [0.15, 0.2) is 108 Å². The third kappa shape index (κ3) is 4.29. The number of nitro benzene ring substituents is 1. The van der Waals surface area contributed by atoms with E-state index >= 15 is 0 Å². The van der Waals surface area contributed by atoms with Crippen LogP contribution in [0.2, 0.25) is 0 Å². The Morgan fingerprint density at radius 2 is 1.41 bits per heavy atom. The minimum absolute atomic E-state index is 0.190. The number of nitrogens with zero attached hydrogens (tertiary/aromatic N) is 2. The second-order valence-electron chi connectivity index (χ2n) is 8.62. The molecular formula is C29H22BrN3O4. The molecule has 0 aliphatic carbocycles. The highest BCUT2D eigenvalue weighted by Gasteiger charge is 2.49. The first-order valence-corrected chi connectivity index (χ1v) is 12.4. The van der Waals surface area contributed by atoms with Crippen molar-refractivity contribution in [1.29, 1.82) is 0 Å². The number of nitro groups is 1. The number of hydrogen-bond donors (Lipinski definition) is 1. The molecule has 5 rings (SSSR count). The topological polar surface area (TPSA) is 98.1 Å². The minimum atomic E-state index is -1.12. The van der Waals surface area contributed by atoms with Gasteiger partial charge in [0.2, 0.25) is 0 Å². The first-order valence-electron chi connectivity index (χ1n) is 11.6. The van der Waals surface area contributed by atoms with E-state index in [2.05, 4.69) is 26.1 Å². The fraction of sp³-hybridized carbons (Fsp3) is 0.103. The maximum atomic E-state index is 12.7. The number of aromatic amines is 1. The molecule has 4 aromatic carbocycles. The van der Waals surface area contributed by atoms with E-state index in [1.54, 1.807) is 6.07 Å². The van der Waals surface area contributed by atoms with Crippen molar-refractivity contribution in [3.63, 3.8) is 0 Å². The van der Waals surface area contributed by atoms with Gasteiger partial charge in [0, 0.05) is 18.4 Å². The van der Waals surface area contributed by atoms with E-state index in [9.17, 15) is 14.9 Å². The molecule has 37 heavy (non-hydrogen) atoms. The highest BCUT2D eigenvalue weighted by molar-refractivity contribution is 9.10. The summed E-state index contributed by atoms with van der Waals surface area (Å²) in [6.07, 6.45) is -1.09. The van der Waals surface area contributed by atoms with Crippen LogP contribution in [0.1, 0.15) is 35.3 Å². The number of carbonyl (C=O) groups is 1. The van der Waals surface area contributed by atoms with Gasteiger partial charge in [-0.15, -0.1) is 0 Å². The third-order valence-corrected chi connectivity index (χ3v) is 7.10. The molecule has 0 amide bonds. The first kappa shape index (κ1) is 24.4. The molecule has 0 saturated carbocycles. The highest BCUT2D eigenvalue weighted by atomic mass is 79.9. The standard InChI is InChI=1S/C29H22BrN3O4/c1-19(34)37-27(24-17-23-25(31-32-28(23)30)18-26(24)33(35)36)29(20-11-5-2-6-12-20,21-13-7-3-8-14-21)22-15-9-4-10-16-22/h2-18,27H,1H3,(H,31,32). The van der Waals surface area contributed by atoms with Crippen LogP contribution in [-0.2, 0) is 14.9 Å².